The van der Waals surface area contributed by atoms with Gasteiger partial charge < -0.3 is 5.32 Å². The molecular formula is C17H26BrF2N. The minimum absolute atomic E-state index is 0.114. The standard InChI is InChI=1S/C17H26BrF2N/c1-5-17(6-2,11-21-10-12(3)4)9-13-15(19)8-7-14(18)16(13)20/h7-8,12,21H,5-6,9-11H2,1-4H3. The van der Waals surface area contributed by atoms with Gasteiger partial charge in [-0.15, -0.1) is 0 Å². The van der Waals surface area contributed by atoms with Gasteiger partial charge in [-0.25, -0.2) is 8.78 Å². The van der Waals surface area contributed by atoms with Crippen molar-refractivity contribution in [2.45, 2.75) is 47.0 Å². The van der Waals surface area contributed by atoms with Gasteiger partial charge in [0.15, 0.2) is 0 Å². The number of benzene rings is 1. The van der Waals surface area contributed by atoms with Crippen LogP contribution in [-0.4, -0.2) is 13.1 Å². The van der Waals surface area contributed by atoms with E-state index in [2.05, 4.69) is 48.9 Å². The van der Waals surface area contributed by atoms with Crippen LogP contribution in [0.5, 0.6) is 0 Å². The molecule has 0 fully saturated rings. The Labute approximate surface area is 135 Å². The monoisotopic (exact) mass is 361 g/mol. The molecule has 0 unspecified atom stereocenters. The third-order valence-electron chi connectivity index (χ3n) is 4.24. The number of nitrogens with one attached hydrogen (secondary N) is 1. The van der Waals surface area contributed by atoms with Crippen LogP contribution >= 0.6 is 15.9 Å². The normalized spacial score (nSPS) is 12.2. The summed E-state index contributed by atoms with van der Waals surface area (Å²) >= 11 is 3.15. The van der Waals surface area contributed by atoms with Gasteiger partial charge in [0, 0.05) is 12.1 Å². The van der Waals surface area contributed by atoms with E-state index < -0.39 is 11.6 Å². The molecule has 21 heavy (non-hydrogen) atoms. The summed E-state index contributed by atoms with van der Waals surface area (Å²) in [6.07, 6.45) is 2.20. The lowest BCUT2D eigenvalue weighted by atomic mass is 9.76. The van der Waals surface area contributed by atoms with E-state index in [0.29, 0.717) is 16.8 Å². The molecule has 0 spiro atoms. The molecule has 0 amide bonds. The zero-order chi connectivity index (χ0) is 16.0. The van der Waals surface area contributed by atoms with Crippen molar-refractivity contribution in [3.63, 3.8) is 0 Å². The predicted molar refractivity (Wildman–Crippen MR) is 88.5 cm³/mol. The summed E-state index contributed by atoms with van der Waals surface area (Å²) in [6.45, 7) is 10.2. The largest absolute Gasteiger partial charge is 0.316 e. The second kappa shape index (κ2) is 8.23. The summed E-state index contributed by atoms with van der Waals surface area (Å²) in [7, 11) is 0. The molecule has 1 aromatic carbocycles. The summed E-state index contributed by atoms with van der Waals surface area (Å²) in [5, 5.41) is 3.44. The Bertz CT molecular complexity index is 456. The minimum Gasteiger partial charge on any atom is -0.316 e. The summed E-state index contributed by atoms with van der Waals surface area (Å²) in [5.74, 6) is -0.355. The van der Waals surface area contributed by atoms with Crippen LogP contribution in [0.25, 0.3) is 0 Å². The van der Waals surface area contributed by atoms with E-state index in [4.69, 9.17) is 0 Å². The molecule has 1 aromatic rings. The van der Waals surface area contributed by atoms with E-state index in [0.717, 1.165) is 25.9 Å². The Kier molecular flexibility index (Phi) is 7.28. The van der Waals surface area contributed by atoms with Gasteiger partial charge in [-0.1, -0.05) is 27.7 Å². The maximum atomic E-state index is 14.2. The van der Waals surface area contributed by atoms with Crippen molar-refractivity contribution in [2.75, 3.05) is 13.1 Å². The third kappa shape index (κ3) is 5.03. The summed E-state index contributed by atoms with van der Waals surface area (Å²) in [5.41, 5.74) is 0.0802. The molecule has 0 radical (unpaired) electrons. The van der Waals surface area contributed by atoms with E-state index in [9.17, 15) is 8.78 Å². The molecule has 0 aliphatic heterocycles. The van der Waals surface area contributed by atoms with Crippen molar-refractivity contribution in [3.8, 4) is 0 Å². The molecule has 0 saturated heterocycles. The van der Waals surface area contributed by atoms with Crippen LogP contribution in [0, 0.1) is 23.0 Å². The first-order valence-corrected chi connectivity index (χ1v) is 8.47. The van der Waals surface area contributed by atoms with Gasteiger partial charge in [-0.05, 0) is 65.2 Å². The lowest BCUT2D eigenvalue weighted by Crippen LogP contribution is -2.37. The molecule has 1 nitrogen and oxygen atoms in total. The van der Waals surface area contributed by atoms with Crippen LogP contribution < -0.4 is 5.32 Å². The van der Waals surface area contributed by atoms with Crippen LogP contribution in [0.15, 0.2) is 16.6 Å². The molecule has 4 heteroatoms. The van der Waals surface area contributed by atoms with Gasteiger partial charge in [-0.2, -0.15) is 0 Å². The maximum absolute atomic E-state index is 14.2. The van der Waals surface area contributed by atoms with Gasteiger partial charge in [0.1, 0.15) is 11.6 Å². The summed E-state index contributed by atoms with van der Waals surface area (Å²) in [6, 6.07) is 2.75. The van der Waals surface area contributed by atoms with Crippen LogP contribution in [0.1, 0.15) is 46.1 Å². The van der Waals surface area contributed by atoms with Gasteiger partial charge in [0.25, 0.3) is 0 Å². The van der Waals surface area contributed by atoms with Crippen molar-refractivity contribution in [2.24, 2.45) is 11.3 Å². The van der Waals surface area contributed by atoms with Crippen LogP contribution in [-0.2, 0) is 6.42 Å². The fourth-order valence-electron chi connectivity index (χ4n) is 2.54. The van der Waals surface area contributed by atoms with Crippen LogP contribution in [0.4, 0.5) is 8.78 Å². The van der Waals surface area contributed by atoms with E-state index >= 15 is 0 Å². The Hall–Kier alpha value is -0.480. The van der Waals surface area contributed by atoms with Gasteiger partial charge in [0.2, 0.25) is 0 Å². The zero-order valence-corrected chi connectivity index (χ0v) is 15.0. The molecular weight excluding hydrogens is 336 g/mol. The Morgan fingerprint density at radius 1 is 1.19 bits per heavy atom. The highest BCUT2D eigenvalue weighted by Crippen LogP contribution is 2.34. The van der Waals surface area contributed by atoms with Crippen molar-refractivity contribution in [1.82, 2.24) is 5.32 Å². The molecule has 0 atom stereocenters. The molecule has 0 heterocycles. The Morgan fingerprint density at radius 2 is 1.81 bits per heavy atom. The highest BCUT2D eigenvalue weighted by atomic mass is 79.9. The number of rotatable bonds is 8. The number of hydrogen-bond donors (Lipinski definition) is 1. The van der Waals surface area contributed by atoms with E-state index in [1.165, 1.54) is 12.1 Å². The SMILES string of the molecule is CCC(CC)(CNCC(C)C)Cc1c(F)ccc(Br)c1F. The molecule has 120 valence electrons. The summed E-state index contributed by atoms with van der Waals surface area (Å²) < 4.78 is 28.5. The minimum atomic E-state index is -0.467. The maximum Gasteiger partial charge on any atom is 0.143 e. The lowest BCUT2D eigenvalue weighted by molar-refractivity contribution is 0.237. The zero-order valence-electron chi connectivity index (χ0n) is 13.4. The second-order valence-electron chi connectivity index (χ2n) is 6.23. The second-order valence-corrected chi connectivity index (χ2v) is 7.08. The third-order valence-corrected chi connectivity index (χ3v) is 4.86. The fraction of sp³-hybridized carbons (Fsp3) is 0.647. The smallest absolute Gasteiger partial charge is 0.143 e. The molecule has 0 aliphatic rings. The Morgan fingerprint density at radius 3 is 2.33 bits per heavy atom. The lowest BCUT2D eigenvalue weighted by Gasteiger charge is -2.33. The van der Waals surface area contributed by atoms with Gasteiger partial charge in [-0.3, -0.25) is 0 Å². The van der Waals surface area contributed by atoms with Crippen molar-refractivity contribution < 1.29 is 8.78 Å². The molecule has 0 saturated carbocycles. The van der Waals surface area contributed by atoms with Gasteiger partial charge >= 0.3 is 0 Å². The van der Waals surface area contributed by atoms with Crippen molar-refractivity contribution in [3.05, 3.63) is 33.8 Å². The first-order valence-electron chi connectivity index (χ1n) is 7.68. The van der Waals surface area contributed by atoms with Gasteiger partial charge in [0.05, 0.1) is 4.47 Å². The number of halogens is 3. The highest BCUT2D eigenvalue weighted by Gasteiger charge is 2.29. The molecule has 0 aromatic heterocycles. The van der Waals surface area contributed by atoms with E-state index in [-0.39, 0.29) is 11.0 Å². The van der Waals surface area contributed by atoms with E-state index in [1.54, 1.807) is 0 Å². The molecule has 1 N–H and O–H groups in total. The predicted octanol–water partition coefficient (Wildman–Crippen LogP) is 5.32. The molecule has 1 rings (SSSR count). The number of hydrogen-bond acceptors (Lipinski definition) is 1. The molecule has 0 aliphatic carbocycles. The average molecular weight is 362 g/mol. The van der Waals surface area contributed by atoms with Crippen molar-refractivity contribution >= 4 is 15.9 Å². The molecule has 0 bridgehead atoms. The average Bonchev–Trinajstić information content (AvgIpc) is 2.45. The summed E-state index contributed by atoms with van der Waals surface area (Å²) in [4.78, 5) is 0. The Balaban J connectivity index is 2.95. The first-order chi connectivity index (χ1) is 9.85. The quantitative estimate of drug-likeness (QED) is 0.617. The van der Waals surface area contributed by atoms with Crippen LogP contribution in [0.2, 0.25) is 0 Å². The van der Waals surface area contributed by atoms with E-state index in [1.807, 2.05) is 0 Å². The first kappa shape index (κ1) is 18.6. The van der Waals surface area contributed by atoms with Crippen molar-refractivity contribution in [1.29, 1.82) is 0 Å². The highest BCUT2D eigenvalue weighted by molar-refractivity contribution is 9.10. The van der Waals surface area contributed by atoms with Crippen LogP contribution in [0.3, 0.4) is 0 Å². The fourth-order valence-corrected chi connectivity index (χ4v) is 2.92. The topological polar surface area (TPSA) is 12.0 Å².